The molecule has 0 spiro atoms. The van der Waals surface area contributed by atoms with Crippen molar-refractivity contribution >= 4 is 28.9 Å². The van der Waals surface area contributed by atoms with E-state index in [-0.39, 0.29) is 12.4 Å². The molecule has 0 saturated heterocycles. The molecule has 0 fully saturated rings. The second-order valence-corrected chi connectivity index (χ2v) is 8.35. The number of hydrogen-bond donors (Lipinski definition) is 1. The van der Waals surface area contributed by atoms with Crippen LogP contribution in [0.5, 0.6) is 5.75 Å². The van der Waals surface area contributed by atoms with E-state index >= 15 is 0 Å². The van der Waals surface area contributed by atoms with Gasteiger partial charge in [0, 0.05) is 11.3 Å². The Hall–Kier alpha value is -4.30. The third-order valence-electron chi connectivity index (χ3n) is 5.72. The lowest BCUT2D eigenvalue weighted by Crippen LogP contribution is -2.19. The van der Waals surface area contributed by atoms with Crippen molar-refractivity contribution in [3.63, 3.8) is 0 Å². The fraction of sp³-hybridized carbons (Fsp3) is 0.214. The summed E-state index contributed by atoms with van der Waals surface area (Å²) in [6.45, 7) is 4.07. The molecule has 2 heterocycles. The first-order valence-corrected chi connectivity index (χ1v) is 11.5. The first-order valence-electron chi connectivity index (χ1n) is 11.5. The number of benzene rings is 2. The van der Waals surface area contributed by atoms with Crippen molar-refractivity contribution in [2.75, 3.05) is 7.11 Å². The molecule has 0 aliphatic carbocycles. The van der Waals surface area contributed by atoms with Crippen LogP contribution < -0.4 is 4.74 Å². The first kappa shape index (κ1) is 24.8. The van der Waals surface area contributed by atoms with Crippen LogP contribution in [0.3, 0.4) is 0 Å². The number of aliphatic carboxylic acids is 1. The molecule has 2 aromatic carbocycles. The van der Waals surface area contributed by atoms with E-state index in [1.807, 2.05) is 55.5 Å². The van der Waals surface area contributed by atoms with Gasteiger partial charge in [-0.2, -0.15) is 5.10 Å². The molecule has 36 heavy (non-hydrogen) atoms. The lowest BCUT2D eigenvalue weighted by atomic mass is 10.1. The Morgan fingerprint density at radius 2 is 1.78 bits per heavy atom. The molecule has 0 amide bonds. The summed E-state index contributed by atoms with van der Waals surface area (Å²) in [4.78, 5) is 28.7. The number of rotatable bonds is 10. The number of carbonyl (C=O) groups excluding carboxylic acids is 1. The number of fused-ring (bicyclic) bond motifs is 1. The zero-order chi connectivity index (χ0) is 25.7. The zero-order valence-electron chi connectivity index (χ0n) is 20.3. The summed E-state index contributed by atoms with van der Waals surface area (Å²) in [7, 11) is 1.58. The van der Waals surface area contributed by atoms with E-state index in [0.29, 0.717) is 34.6 Å². The fourth-order valence-corrected chi connectivity index (χ4v) is 3.63. The molecule has 0 aliphatic rings. The molecule has 4 rings (SSSR count). The average molecular weight is 486 g/mol. The van der Waals surface area contributed by atoms with Crippen LogP contribution >= 0.6 is 0 Å². The van der Waals surface area contributed by atoms with Gasteiger partial charge in [-0.15, -0.1) is 0 Å². The molecule has 8 nitrogen and oxygen atoms in total. The third kappa shape index (κ3) is 5.67. The number of allylic oxidation sites excluding steroid dienone is 1. The Kier molecular flexibility index (Phi) is 7.56. The second-order valence-electron chi connectivity index (χ2n) is 8.35. The highest BCUT2D eigenvalue weighted by atomic mass is 16.5. The van der Waals surface area contributed by atoms with Crippen molar-refractivity contribution in [1.29, 1.82) is 0 Å². The number of ether oxygens (including phenoxy) is 2. The van der Waals surface area contributed by atoms with Crippen LogP contribution in [0, 0.1) is 6.92 Å². The molecule has 0 aliphatic heterocycles. The van der Waals surface area contributed by atoms with Gasteiger partial charge in [0.05, 0.1) is 25.6 Å². The minimum absolute atomic E-state index is 0.175. The topological polar surface area (TPSA) is 104 Å². The highest BCUT2D eigenvalue weighted by molar-refractivity contribution is 6.14. The summed E-state index contributed by atoms with van der Waals surface area (Å²) in [6.07, 6.45) is 3.06. The van der Waals surface area contributed by atoms with Crippen LogP contribution in [0.4, 0.5) is 0 Å². The Labute approximate surface area is 208 Å². The maximum absolute atomic E-state index is 13.2. The molecule has 0 saturated carbocycles. The van der Waals surface area contributed by atoms with E-state index < -0.39 is 12.1 Å². The van der Waals surface area contributed by atoms with Crippen LogP contribution in [0.2, 0.25) is 0 Å². The van der Waals surface area contributed by atoms with Crippen molar-refractivity contribution < 1.29 is 24.2 Å². The maximum Gasteiger partial charge on any atom is 0.332 e. The number of aryl methyl sites for hydroxylation is 1. The largest absolute Gasteiger partial charge is 0.497 e. The Morgan fingerprint density at radius 1 is 1.06 bits per heavy atom. The Balaban J connectivity index is 1.51. The van der Waals surface area contributed by atoms with E-state index in [1.54, 1.807) is 36.1 Å². The number of carbonyl (C=O) groups is 2. The van der Waals surface area contributed by atoms with Gasteiger partial charge in [-0.05, 0) is 61.4 Å². The van der Waals surface area contributed by atoms with E-state index in [1.165, 1.54) is 6.92 Å². The fourth-order valence-electron chi connectivity index (χ4n) is 3.63. The normalized spacial score (nSPS) is 12.2. The van der Waals surface area contributed by atoms with E-state index in [9.17, 15) is 9.59 Å². The van der Waals surface area contributed by atoms with Gasteiger partial charge in [0.25, 0.3) is 0 Å². The number of ketones is 1. The second kappa shape index (κ2) is 11.0. The van der Waals surface area contributed by atoms with E-state index in [2.05, 4.69) is 10.1 Å². The zero-order valence-corrected chi connectivity index (χ0v) is 20.3. The molecule has 184 valence electrons. The van der Waals surface area contributed by atoms with Gasteiger partial charge in [-0.3, -0.25) is 4.79 Å². The smallest absolute Gasteiger partial charge is 0.332 e. The van der Waals surface area contributed by atoms with Gasteiger partial charge in [-0.1, -0.05) is 36.4 Å². The quantitative estimate of drug-likeness (QED) is 0.325. The van der Waals surface area contributed by atoms with Crippen molar-refractivity contribution in [3.8, 4) is 5.75 Å². The summed E-state index contributed by atoms with van der Waals surface area (Å²) in [5, 5.41) is 14.2. The summed E-state index contributed by atoms with van der Waals surface area (Å²) >= 11 is 0. The van der Waals surface area contributed by atoms with E-state index in [4.69, 9.17) is 14.6 Å². The number of pyridine rings is 1. The number of methoxy groups -OCH3 is 1. The SMILES string of the molecule is COc1ccc(C(=O)c2nn(C/C=C/c3ccc(CO[C@@H](C)C(=O)O)cc3)c3nc(C)ccc23)cc1. The Bertz CT molecular complexity index is 1410. The van der Waals surface area contributed by atoms with Crippen molar-refractivity contribution in [2.24, 2.45) is 0 Å². The molecule has 2 aromatic heterocycles. The summed E-state index contributed by atoms with van der Waals surface area (Å²) in [6, 6.07) is 18.4. The molecular formula is C28H27N3O5. The van der Waals surface area contributed by atoms with Crippen LogP contribution in [-0.4, -0.2) is 44.8 Å². The van der Waals surface area contributed by atoms with Gasteiger partial charge in [0.2, 0.25) is 5.78 Å². The molecule has 0 bridgehead atoms. The molecule has 1 atom stereocenters. The van der Waals surface area contributed by atoms with Gasteiger partial charge < -0.3 is 14.6 Å². The number of aromatic nitrogens is 3. The van der Waals surface area contributed by atoms with Crippen molar-refractivity contribution in [3.05, 3.63) is 94.8 Å². The maximum atomic E-state index is 13.2. The average Bonchev–Trinajstić information content (AvgIpc) is 3.25. The lowest BCUT2D eigenvalue weighted by Gasteiger charge is -2.08. The van der Waals surface area contributed by atoms with Crippen LogP contribution in [0.1, 0.15) is 39.8 Å². The molecule has 1 N–H and O–H groups in total. The lowest BCUT2D eigenvalue weighted by molar-refractivity contribution is -0.149. The van der Waals surface area contributed by atoms with Crippen molar-refractivity contribution in [2.45, 2.75) is 33.1 Å². The van der Waals surface area contributed by atoms with Crippen LogP contribution in [0.25, 0.3) is 17.1 Å². The van der Waals surface area contributed by atoms with Gasteiger partial charge in [0.15, 0.2) is 11.8 Å². The molecule has 0 unspecified atom stereocenters. The third-order valence-corrected chi connectivity index (χ3v) is 5.72. The predicted molar refractivity (Wildman–Crippen MR) is 136 cm³/mol. The molecule has 4 aromatic rings. The van der Waals surface area contributed by atoms with Gasteiger partial charge in [0.1, 0.15) is 11.4 Å². The number of hydrogen-bond acceptors (Lipinski definition) is 6. The van der Waals surface area contributed by atoms with Gasteiger partial charge in [-0.25, -0.2) is 14.5 Å². The van der Waals surface area contributed by atoms with E-state index in [0.717, 1.165) is 16.8 Å². The molecule has 8 heteroatoms. The minimum Gasteiger partial charge on any atom is -0.497 e. The number of nitrogens with zero attached hydrogens (tertiary/aromatic N) is 3. The minimum atomic E-state index is -0.987. The van der Waals surface area contributed by atoms with Crippen molar-refractivity contribution in [1.82, 2.24) is 14.8 Å². The van der Waals surface area contributed by atoms with Crippen LogP contribution in [-0.2, 0) is 22.7 Å². The highest BCUT2D eigenvalue weighted by Crippen LogP contribution is 2.22. The Morgan fingerprint density at radius 3 is 2.44 bits per heavy atom. The van der Waals surface area contributed by atoms with Crippen LogP contribution in [0.15, 0.2) is 66.7 Å². The monoisotopic (exact) mass is 485 g/mol. The standard InChI is InChI=1S/C28H27N3O5/c1-18-6-15-24-25(26(32)22-11-13-23(35-3)14-12-22)30-31(27(24)29-18)16-4-5-20-7-9-21(10-8-20)17-36-19(2)28(33)34/h4-15,19H,16-17H2,1-3H3,(H,33,34)/b5-4+/t19-/m0/s1. The van der Waals surface area contributed by atoms with Gasteiger partial charge >= 0.3 is 5.97 Å². The predicted octanol–water partition coefficient (Wildman–Crippen LogP) is 4.68. The molecular weight excluding hydrogens is 458 g/mol. The summed E-state index contributed by atoms with van der Waals surface area (Å²) in [5.74, 6) is -0.481. The summed E-state index contributed by atoms with van der Waals surface area (Å²) < 4.78 is 12.2. The number of carboxylic acid groups (broad SMARTS) is 1. The first-order chi connectivity index (χ1) is 17.4. The summed E-state index contributed by atoms with van der Waals surface area (Å²) in [5.41, 5.74) is 4.24. The molecule has 0 radical (unpaired) electrons. The highest BCUT2D eigenvalue weighted by Gasteiger charge is 2.19. The number of carboxylic acids is 1.